The maximum Gasteiger partial charge on any atom is 0.267 e. The van der Waals surface area contributed by atoms with Crippen LogP contribution in [0.1, 0.15) is 16.7 Å². The van der Waals surface area contributed by atoms with Gasteiger partial charge >= 0.3 is 0 Å². The minimum Gasteiger partial charge on any atom is -0.305 e. The molecule has 2 aromatic carbocycles. The Hall–Kier alpha value is -4.04. The molecule has 3 aromatic heterocycles. The van der Waals surface area contributed by atoms with Crippen LogP contribution in [0.25, 0.3) is 16.7 Å². The number of hydrogen-bond donors (Lipinski definition) is 1. The lowest BCUT2D eigenvalue weighted by Gasteiger charge is -2.15. The van der Waals surface area contributed by atoms with E-state index in [1.165, 1.54) is 21.1 Å². The molecule has 0 aliphatic carbocycles. The summed E-state index contributed by atoms with van der Waals surface area (Å²) in [5.74, 6) is 0. The van der Waals surface area contributed by atoms with E-state index in [1.54, 1.807) is 36.5 Å². The molecule has 5 rings (SSSR count). The molecule has 0 fully saturated rings. The zero-order valence-corrected chi connectivity index (χ0v) is 19.5. The molecule has 0 aliphatic heterocycles. The Labute approximate surface area is 196 Å². The second-order valence-electron chi connectivity index (χ2n) is 8.26. The van der Waals surface area contributed by atoms with Gasteiger partial charge in [0.05, 0.1) is 16.8 Å². The van der Waals surface area contributed by atoms with Crippen LogP contribution < -0.4 is 11.0 Å². The number of sulfone groups is 1. The molecule has 170 valence electrons. The third-order valence-electron chi connectivity index (χ3n) is 6.05. The lowest BCUT2D eigenvalue weighted by molar-refractivity contribution is 0.591. The molecule has 0 atom stereocenters. The van der Waals surface area contributed by atoms with E-state index in [0.29, 0.717) is 5.65 Å². The van der Waals surface area contributed by atoms with Crippen LogP contribution in [0.4, 0.5) is 0 Å². The van der Waals surface area contributed by atoms with Gasteiger partial charge in [-0.3, -0.25) is 14.6 Å². The number of nitrogens with zero attached hydrogens (tertiary/aromatic N) is 3. The van der Waals surface area contributed by atoms with E-state index in [2.05, 4.69) is 4.98 Å². The number of pyridine rings is 2. The summed E-state index contributed by atoms with van der Waals surface area (Å²) in [6.07, 6.45) is 1.59. The fourth-order valence-electron chi connectivity index (χ4n) is 3.99. The maximum atomic E-state index is 13.7. The Morgan fingerprint density at radius 1 is 0.912 bits per heavy atom. The topological polar surface area (TPSA) is 97.3 Å². The van der Waals surface area contributed by atoms with Gasteiger partial charge in [-0.2, -0.15) is 0 Å². The molecule has 0 amide bonds. The van der Waals surface area contributed by atoms with E-state index in [0.717, 1.165) is 16.7 Å². The number of hydrogen-bond acceptors (Lipinski definition) is 5. The molecule has 3 heterocycles. The third kappa shape index (κ3) is 3.52. The zero-order chi connectivity index (χ0) is 24.0. The molecule has 0 unspecified atom stereocenters. The molecule has 0 radical (unpaired) electrons. The van der Waals surface area contributed by atoms with E-state index >= 15 is 0 Å². The van der Waals surface area contributed by atoms with Gasteiger partial charge in [-0.25, -0.2) is 13.4 Å². The summed E-state index contributed by atoms with van der Waals surface area (Å²) in [5.41, 5.74) is 2.74. The normalized spacial score (nSPS) is 11.8. The number of aromatic nitrogens is 3. The summed E-state index contributed by atoms with van der Waals surface area (Å²) in [6.45, 7) is 3.94. The minimum absolute atomic E-state index is 0.0866. The fraction of sp³-hybridized carbons (Fsp3) is 0.115. The summed E-state index contributed by atoms with van der Waals surface area (Å²) in [6, 6.07) is 20.8. The monoisotopic (exact) mass is 470 g/mol. The second kappa shape index (κ2) is 8.07. The highest BCUT2D eigenvalue weighted by Crippen LogP contribution is 2.23. The van der Waals surface area contributed by atoms with Crippen LogP contribution in [-0.4, -0.2) is 22.4 Å². The van der Waals surface area contributed by atoms with Crippen molar-refractivity contribution in [2.75, 3.05) is 0 Å². The minimum atomic E-state index is -4.07. The molecule has 0 aliphatic rings. The summed E-state index contributed by atoms with van der Waals surface area (Å²) < 4.78 is 30.2. The fourth-order valence-corrected chi connectivity index (χ4v) is 5.47. The third-order valence-corrected chi connectivity index (χ3v) is 7.81. The summed E-state index contributed by atoms with van der Waals surface area (Å²) in [7, 11) is -4.07. The Morgan fingerprint density at radius 3 is 2.38 bits per heavy atom. The van der Waals surface area contributed by atoms with Crippen LogP contribution in [0.2, 0.25) is 0 Å². The van der Waals surface area contributed by atoms with Crippen molar-refractivity contribution in [1.82, 2.24) is 14.0 Å². The number of aryl methyl sites for hydroxylation is 2. The summed E-state index contributed by atoms with van der Waals surface area (Å²) in [4.78, 5) is 17.9. The smallest absolute Gasteiger partial charge is 0.267 e. The maximum absolute atomic E-state index is 13.7. The van der Waals surface area contributed by atoms with Crippen molar-refractivity contribution in [3.8, 4) is 0 Å². The first-order valence-corrected chi connectivity index (χ1v) is 12.2. The van der Waals surface area contributed by atoms with Gasteiger partial charge < -0.3 is 4.57 Å². The predicted octanol–water partition coefficient (Wildman–Crippen LogP) is 3.63. The Morgan fingerprint density at radius 2 is 1.65 bits per heavy atom. The van der Waals surface area contributed by atoms with Crippen molar-refractivity contribution >= 4 is 26.5 Å². The SMILES string of the molecule is Cc1ccc(S(=O)(=O)c2cc3c(=O)n4ccccc4nc3n(Cc3ccccc3)c2=N)cc1C. The Bertz CT molecular complexity index is 1800. The highest BCUT2D eigenvalue weighted by atomic mass is 32.2. The molecule has 34 heavy (non-hydrogen) atoms. The van der Waals surface area contributed by atoms with Gasteiger partial charge in [0.15, 0.2) is 0 Å². The predicted molar refractivity (Wildman–Crippen MR) is 130 cm³/mol. The van der Waals surface area contributed by atoms with Crippen molar-refractivity contribution in [2.45, 2.75) is 30.2 Å². The van der Waals surface area contributed by atoms with E-state index in [-0.39, 0.29) is 38.4 Å². The average Bonchev–Trinajstić information content (AvgIpc) is 2.83. The Kier molecular flexibility index (Phi) is 5.17. The van der Waals surface area contributed by atoms with Gasteiger partial charge in [-0.1, -0.05) is 42.5 Å². The van der Waals surface area contributed by atoms with Crippen LogP contribution in [-0.2, 0) is 16.4 Å². The van der Waals surface area contributed by atoms with E-state index < -0.39 is 9.84 Å². The van der Waals surface area contributed by atoms with Gasteiger partial charge in [0.25, 0.3) is 5.56 Å². The first kappa shape index (κ1) is 21.8. The van der Waals surface area contributed by atoms with Crippen LogP contribution >= 0.6 is 0 Å². The number of fused-ring (bicyclic) bond motifs is 2. The van der Waals surface area contributed by atoms with Gasteiger partial charge in [0.1, 0.15) is 21.7 Å². The first-order valence-electron chi connectivity index (χ1n) is 10.7. The number of rotatable bonds is 4. The molecule has 7 nitrogen and oxygen atoms in total. The van der Waals surface area contributed by atoms with Crippen molar-refractivity contribution < 1.29 is 8.42 Å². The second-order valence-corrected chi connectivity index (χ2v) is 10.2. The van der Waals surface area contributed by atoms with Crippen molar-refractivity contribution in [3.63, 3.8) is 0 Å². The quantitative estimate of drug-likeness (QED) is 0.406. The Balaban J connectivity index is 1.87. The van der Waals surface area contributed by atoms with E-state index in [4.69, 9.17) is 5.41 Å². The van der Waals surface area contributed by atoms with Crippen LogP contribution in [0, 0.1) is 19.3 Å². The van der Waals surface area contributed by atoms with Crippen molar-refractivity contribution in [3.05, 3.63) is 112 Å². The molecular weight excluding hydrogens is 448 g/mol. The van der Waals surface area contributed by atoms with Crippen molar-refractivity contribution in [1.29, 1.82) is 5.41 Å². The van der Waals surface area contributed by atoms with Crippen LogP contribution in [0.5, 0.6) is 0 Å². The molecule has 1 N–H and O–H groups in total. The molecule has 0 spiro atoms. The largest absolute Gasteiger partial charge is 0.305 e. The van der Waals surface area contributed by atoms with Gasteiger partial charge in [0.2, 0.25) is 9.84 Å². The molecule has 0 saturated carbocycles. The highest BCUT2D eigenvalue weighted by Gasteiger charge is 2.24. The lowest BCUT2D eigenvalue weighted by atomic mass is 10.1. The molecule has 5 aromatic rings. The number of nitrogens with one attached hydrogen (secondary N) is 1. The lowest BCUT2D eigenvalue weighted by Crippen LogP contribution is -2.30. The molecule has 8 heteroatoms. The summed E-state index contributed by atoms with van der Waals surface area (Å²) in [5, 5.41) is 9.03. The highest BCUT2D eigenvalue weighted by molar-refractivity contribution is 7.91. The van der Waals surface area contributed by atoms with Crippen LogP contribution in [0.3, 0.4) is 0 Å². The molecular formula is C26H22N4O3S. The summed E-state index contributed by atoms with van der Waals surface area (Å²) >= 11 is 0. The zero-order valence-electron chi connectivity index (χ0n) is 18.7. The standard InChI is InChI=1S/C26H22N4O3S/c1-17-11-12-20(14-18(17)2)34(32,33)22-15-21-25(28-23-10-6-7-13-29(23)26(21)31)30(24(22)27)16-19-8-4-3-5-9-19/h3-15,27H,16H2,1-2H3. The van der Waals surface area contributed by atoms with Gasteiger partial charge in [0, 0.05) is 6.20 Å². The van der Waals surface area contributed by atoms with E-state index in [9.17, 15) is 13.2 Å². The van der Waals surface area contributed by atoms with Gasteiger partial charge in [-0.05, 0) is 60.9 Å². The van der Waals surface area contributed by atoms with E-state index in [1.807, 2.05) is 44.2 Å². The first-order chi connectivity index (χ1) is 16.3. The molecule has 0 saturated heterocycles. The number of benzene rings is 2. The van der Waals surface area contributed by atoms with Crippen LogP contribution in [0.15, 0.2) is 93.6 Å². The average molecular weight is 471 g/mol. The van der Waals surface area contributed by atoms with Crippen molar-refractivity contribution in [2.24, 2.45) is 0 Å². The van der Waals surface area contributed by atoms with Gasteiger partial charge in [-0.15, -0.1) is 0 Å². The molecule has 0 bridgehead atoms.